The lowest BCUT2D eigenvalue weighted by Gasteiger charge is -2.37. The van der Waals surface area contributed by atoms with Gasteiger partial charge in [0.1, 0.15) is 22.7 Å². The van der Waals surface area contributed by atoms with Crippen molar-refractivity contribution in [3.8, 4) is 11.5 Å². The Morgan fingerprint density at radius 3 is 1.21 bits per heavy atom. The Morgan fingerprint density at radius 2 is 0.848 bits per heavy atom. The minimum atomic E-state index is -4.74. The minimum Gasteiger partial charge on any atom is -0.508 e. The van der Waals surface area contributed by atoms with Gasteiger partial charge < -0.3 is 10.2 Å². The first-order chi connectivity index (χ1) is 15.7. The van der Waals surface area contributed by atoms with Crippen LogP contribution in [0.25, 0.3) is 0 Å². The third-order valence-electron chi connectivity index (χ3n) is 5.36. The fraction of sp³-hybridized carbons (Fsp3) is 0.0769. The van der Waals surface area contributed by atoms with Crippen molar-refractivity contribution < 1.29 is 27.8 Å². The summed E-state index contributed by atoms with van der Waals surface area (Å²) in [7, 11) is 0. The van der Waals surface area contributed by atoms with Gasteiger partial charge in [-0.15, -0.1) is 0 Å². The van der Waals surface area contributed by atoms with Crippen LogP contribution in [0, 0.1) is 5.82 Å². The molecule has 0 atom stereocenters. The summed E-state index contributed by atoms with van der Waals surface area (Å²) in [5, 5.41) is 19.3. The van der Waals surface area contributed by atoms with Crippen molar-refractivity contribution in [1.82, 2.24) is 0 Å². The molecule has 4 rings (SSSR count). The molecule has 0 fully saturated rings. The van der Waals surface area contributed by atoms with E-state index in [4.69, 9.17) is 0 Å². The molecule has 7 heteroatoms. The van der Waals surface area contributed by atoms with Gasteiger partial charge in [-0.2, -0.15) is 13.2 Å². The average molecular weight is 470 g/mol. The number of aromatic hydroxyl groups is 2. The maximum Gasteiger partial charge on any atom is 0.406 e. The second kappa shape index (κ2) is 8.83. The summed E-state index contributed by atoms with van der Waals surface area (Å²) in [4.78, 5) is 1.45. The van der Waals surface area contributed by atoms with E-state index in [1.54, 1.807) is 24.3 Å². The van der Waals surface area contributed by atoms with Crippen LogP contribution in [0.4, 0.5) is 17.6 Å². The molecule has 0 saturated heterocycles. The van der Waals surface area contributed by atoms with Crippen LogP contribution in [0.5, 0.6) is 11.5 Å². The van der Waals surface area contributed by atoms with Crippen molar-refractivity contribution in [2.75, 3.05) is 0 Å². The summed E-state index contributed by atoms with van der Waals surface area (Å²) in [5.41, 5.74) is -2.70. The number of benzene rings is 4. The number of phenolic OH excluding ortho intramolecular Hbond substituents is 2. The molecule has 0 radical (unpaired) electrons. The first-order valence-electron chi connectivity index (χ1n) is 9.90. The highest BCUT2D eigenvalue weighted by Crippen LogP contribution is 2.51. The summed E-state index contributed by atoms with van der Waals surface area (Å²) < 4.78 is 58.0. The van der Waals surface area contributed by atoms with Gasteiger partial charge in [-0.3, -0.25) is 0 Å². The third-order valence-corrected chi connectivity index (χ3v) is 6.38. The van der Waals surface area contributed by atoms with E-state index in [1.807, 2.05) is 0 Å². The Kier molecular flexibility index (Phi) is 6.08. The smallest absolute Gasteiger partial charge is 0.406 e. The Morgan fingerprint density at radius 1 is 0.515 bits per heavy atom. The second-order valence-corrected chi connectivity index (χ2v) is 8.57. The summed E-state index contributed by atoms with van der Waals surface area (Å²) >= 11 is 1.30. The maximum atomic E-state index is 15.0. The molecule has 2 nitrogen and oxygen atoms in total. The van der Waals surface area contributed by atoms with Gasteiger partial charge in [0.2, 0.25) is 0 Å². The Balaban J connectivity index is 1.86. The summed E-state index contributed by atoms with van der Waals surface area (Å²) in [5.74, 6) is -0.661. The molecular formula is C26H18F4O2S. The third kappa shape index (κ3) is 4.41. The topological polar surface area (TPSA) is 40.5 Å². The molecule has 0 unspecified atom stereocenters. The highest BCUT2D eigenvalue weighted by Gasteiger charge is 2.58. The Bertz CT molecular complexity index is 1170. The van der Waals surface area contributed by atoms with Crippen LogP contribution in [0.3, 0.4) is 0 Å². The van der Waals surface area contributed by atoms with Crippen LogP contribution in [-0.4, -0.2) is 16.4 Å². The number of phenols is 2. The lowest BCUT2D eigenvalue weighted by molar-refractivity contribution is -0.166. The molecule has 0 aromatic heterocycles. The van der Waals surface area contributed by atoms with Gasteiger partial charge in [0.25, 0.3) is 0 Å². The van der Waals surface area contributed by atoms with Gasteiger partial charge in [-0.25, -0.2) is 4.39 Å². The second-order valence-electron chi connectivity index (χ2n) is 7.42. The Labute approximate surface area is 192 Å². The summed E-state index contributed by atoms with van der Waals surface area (Å²) in [6, 6.07) is 21.7. The largest absolute Gasteiger partial charge is 0.508 e. The molecule has 0 saturated carbocycles. The molecule has 0 aliphatic carbocycles. The van der Waals surface area contributed by atoms with Crippen LogP contribution in [0.15, 0.2) is 107 Å². The predicted octanol–water partition coefficient (Wildman–Crippen LogP) is 7.28. The number of alkyl halides is 3. The standard InChI is InChI=1S/C26H18F4O2S/c27-20-7-15-24(16-8-20)33-23-13-5-19(6-14-23)25(26(28,29)30,17-1-9-21(31)10-2-17)18-3-11-22(32)12-4-18/h1-16,31-32H. The van der Waals surface area contributed by atoms with Crippen molar-refractivity contribution in [2.24, 2.45) is 0 Å². The molecule has 0 aliphatic heterocycles. The molecule has 0 heterocycles. The van der Waals surface area contributed by atoms with Gasteiger partial charge in [-0.1, -0.05) is 48.2 Å². The van der Waals surface area contributed by atoms with E-state index in [1.165, 1.54) is 84.6 Å². The lowest BCUT2D eigenvalue weighted by Crippen LogP contribution is -2.44. The Hall–Kier alpha value is -3.45. The van der Waals surface area contributed by atoms with E-state index in [0.717, 1.165) is 4.90 Å². The lowest BCUT2D eigenvalue weighted by atomic mass is 9.69. The number of hydrogen-bond donors (Lipinski definition) is 2. The SMILES string of the molecule is Oc1ccc(C(c2ccc(O)cc2)(c2ccc(Sc3ccc(F)cc3)cc2)C(F)(F)F)cc1. The molecule has 4 aromatic rings. The van der Waals surface area contributed by atoms with Crippen molar-refractivity contribution >= 4 is 11.8 Å². The van der Waals surface area contributed by atoms with E-state index >= 15 is 0 Å². The zero-order valence-corrected chi connectivity index (χ0v) is 17.9. The van der Waals surface area contributed by atoms with E-state index in [0.29, 0.717) is 4.90 Å². The van der Waals surface area contributed by atoms with Gasteiger partial charge >= 0.3 is 6.18 Å². The molecule has 0 aliphatic rings. The van der Waals surface area contributed by atoms with E-state index in [-0.39, 0.29) is 34.0 Å². The van der Waals surface area contributed by atoms with Gasteiger partial charge in [0, 0.05) is 9.79 Å². The van der Waals surface area contributed by atoms with Crippen LogP contribution in [0.2, 0.25) is 0 Å². The number of rotatable bonds is 5. The molecule has 168 valence electrons. The van der Waals surface area contributed by atoms with Gasteiger partial charge in [0.15, 0.2) is 0 Å². The van der Waals surface area contributed by atoms with Gasteiger partial charge in [-0.05, 0) is 77.4 Å². The van der Waals surface area contributed by atoms with Crippen molar-refractivity contribution in [3.63, 3.8) is 0 Å². The van der Waals surface area contributed by atoms with Gasteiger partial charge in [0.05, 0.1) is 0 Å². The zero-order valence-electron chi connectivity index (χ0n) is 17.1. The summed E-state index contributed by atoms with van der Waals surface area (Å²) in [6.07, 6.45) is -4.74. The molecule has 0 bridgehead atoms. The maximum absolute atomic E-state index is 15.0. The quantitative estimate of drug-likeness (QED) is 0.238. The number of halogens is 4. The molecule has 2 N–H and O–H groups in total. The van der Waals surface area contributed by atoms with E-state index in [9.17, 15) is 27.8 Å². The summed E-state index contributed by atoms with van der Waals surface area (Å²) in [6.45, 7) is 0. The fourth-order valence-corrected chi connectivity index (χ4v) is 4.64. The monoisotopic (exact) mass is 470 g/mol. The minimum absolute atomic E-state index is 0.0187. The highest BCUT2D eigenvalue weighted by atomic mass is 32.2. The van der Waals surface area contributed by atoms with Crippen molar-refractivity contribution in [3.05, 3.63) is 120 Å². The fourth-order valence-electron chi connectivity index (χ4n) is 3.83. The zero-order chi connectivity index (χ0) is 23.6. The van der Waals surface area contributed by atoms with Crippen molar-refractivity contribution in [1.29, 1.82) is 0 Å². The van der Waals surface area contributed by atoms with Crippen LogP contribution < -0.4 is 0 Å². The number of hydrogen-bond acceptors (Lipinski definition) is 3. The molecule has 0 amide bonds. The molecule has 0 spiro atoms. The first-order valence-corrected chi connectivity index (χ1v) is 10.7. The van der Waals surface area contributed by atoms with Crippen LogP contribution in [-0.2, 0) is 5.41 Å². The van der Waals surface area contributed by atoms with Crippen molar-refractivity contribution in [2.45, 2.75) is 21.4 Å². The molecular weight excluding hydrogens is 452 g/mol. The van der Waals surface area contributed by atoms with Crippen LogP contribution >= 0.6 is 11.8 Å². The molecule has 4 aromatic carbocycles. The highest BCUT2D eigenvalue weighted by molar-refractivity contribution is 7.99. The molecule has 33 heavy (non-hydrogen) atoms. The van der Waals surface area contributed by atoms with E-state index in [2.05, 4.69) is 0 Å². The van der Waals surface area contributed by atoms with E-state index < -0.39 is 11.6 Å². The normalized spacial score (nSPS) is 12.0. The first kappa shape index (κ1) is 22.7. The predicted molar refractivity (Wildman–Crippen MR) is 119 cm³/mol. The average Bonchev–Trinajstić information content (AvgIpc) is 2.78. The van der Waals surface area contributed by atoms with Crippen LogP contribution in [0.1, 0.15) is 16.7 Å².